The summed E-state index contributed by atoms with van der Waals surface area (Å²) in [7, 11) is 1.71. The zero-order valence-corrected chi connectivity index (χ0v) is 6.68. The lowest BCUT2D eigenvalue weighted by atomic mass is 10.1. The molecule has 1 atom stereocenters. The van der Waals surface area contributed by atoms with E-state index in [0.29, 0.717) is 0 Å². The van der Waals surface area contributed by atoms with Gasteiger partial charge in [0.1, 0.15) is 0 Å². The van der Waals surface area contributed by atoms with E-state index in [2.05, 4.69) is 20.8 Å². The molecule has 0 rings (SSSR count). The van der Waals surface area contributed by atoms with Gasteiger partial charge in [-0.25, -0.2) is 0 Å². The first kappa shape index (κ1) is 8.96. The van der Waals surface area contributed by atoms with Gasteiger partial charge in [0.2, 0.25) is 0 Å². The zero-order valence-electron chi connectivity index (χ0n) is 6.68. The van der Waals surface area contributed by atoms with Crippen molar-refractivity contribution in [1.29, 1.82) is 0 Å². The zero-order chi connectivity index (χ0) is 7.28. The van der Waals surface area contributed by atoms with Crippen molar-refractivity contribution in [2.24, 2.45) is 5.92 Å². The molecule has 1 unspecified atom stereocenters. The second-order valence-corrected chi connectivity index (χ2v) is 2.83. The van der Waals surface area contributed by atoms with Gasteiger partial charge in [0, 0.05) is 7.11 Å². The van der Waals surface area contributed by atoms with E-state index in [0.717, 1.165) is 12.3 Å². The van der Waals surface area contributed by atoms with Crippen LogP contribution in [0.5, 0.6) is 0 Å². The van der Waals surface area contributed by atoms with E-state index in [4.69, 9.17) is 4.74 Å². The topological polar surface area (TPSA) is 9.23 Å². The van der Waals surface area contributed by atoms with Crippen LogP contribution in [0.1, 0.15) is 26.7 Å². The van der Waals surface area contributed by atoms with Crippen molar-refractivity contribution in [2.75, 3.05) is 7.11 Å². The molecule has 0 aromatic rings. The summed E-state index contributed by atoms with van der Waals surface area (Å²) in [6.45, 7) is 8.23. The van der Waals surface area contributed by atoms with Crippen LogP contribution in [0.25, 0.3) is 0 Å². The fourth-order valence-electron chi connectivity index (χ4n) is 0.637. The molecule has 1 nitrogen and oxygen atoms in total. The van der Waals surface area contributed by atoms with E-state index in [-0.39, 0.29) is 6.10 Å². The van der Waals surface area contributed by atoms with Gasteiger partial charge in [-0.1, -0.05) is 13.8 Å². The molecule has 0 spiro atoms. The lowest BCUT2D eigenvalue weighted by Crippen LogP contribution is -2.05. The van der Waals surface area contributed by atoms with Gasteiger partial charge in [0.25, 0.3) is 0 Å². The Hall–Kier alpha value is -0.0400. The molecule has 9 heavy (non-hydrogen) atoms. The lowest BCUT2D eigenvalue weighted by Gasteiger charge is -2.09. The van der Waals surface area contributed by atoms with Crippen LogP contribution in [-0.2, 0) is 4.74 Å². The van der Waals surface area contributed by atoms with E-state index in [1.807, 2.05) is 0 Å². The number of methoxy groups -OCH3 is 1. The van der Waals surface area contributed by atoms with Crippen molar-refractivity contribution in [3.05, 3.63) is 6.92 Å². The molecule has 0 aliphatic carbocycles. The molecule has 0 aliphatic rings. The van der Waals surface area contributed by atoms with E-state index in [1.54, 1.807) is 7.11 Å². The van der Waals surface area contributed by atoms with Crippen LogP contribution < -0.4 is 0 Å². The fourth-order valence-corrected chi connectivity index (χ4v) is 0.637. The maximum absolute atomic E-state index is 4.99. The van der Waals surface area contributed by atoms with Crippen molar-refractivity contribution in [1.82, 2.24) is 0 Å². The van der Waals surface area contributed by atoms with Crippen molar-refractivity contribution >= 4 is 0 Å². The molecule has 1 radical (unpaired) electrons. The molecule has 0 amide bonds. The van der Waals surface area contributed by atoms with Crippen LogP contribution in [0.4, 0.5) is 0 Å². The SMILES string of the molecule is [CH2]C(CCC(C)C)OC. The normalized spacial score (nSPS) is 14.3. The molecule has 0 N–H and O–H groups in total. The third-order valence-electron chi connectivity index (χ3n) is 1.40. The van der Waals surface area contributed by atoms with E-state index >= 15 is 0 Å². The summed E-state index contributed by atoms with van der Waals surface area (Å²) in [6, 6.07) is 0. The van der Waals surface area contributed by atoms with Crippen molar-refractivity contribution < 1.29 is 4.74 Å². The Balaban J connectivity index is 3.06. The summed E-state index contributed by atoms with van der Waals surface area (Å²) in [5.41, 5.74) is 0. The largest absolute Gasteiger partial charge is 0.381 e. The number of hydrogen-bond donors (Lipinski definition) is 0. The predicted molar refractivity (Wildman–Crippen MR) is 40.2 cm³/mol. The minimum Gasteiger partial charge on any atom is -0.381 e. The second kappa shape index (κ2) is 4.80. The number of hydrogen-bond acceptors (Lipinski definition) is 1. The Labute approximate surface area is 58.4 Å². The average Bonchev–Trinajstić information content (AvgIpc) is 1.83. The average molecular weight is 129 g/mol. The molecule has 0 fully saturated rings. The molecule has 55 valence electrons. The van der Waals surface area contributed by atoms with Crippen LogP contribution in [0.3, 0.4) is 0 Å². The Morgan fingerprint density at radius 2 is 1.89 bits per heavy atom. The van der Waals surface area contributed by atoms with Crippen LogP contribution in [0.2, 0.25) is 0 Å². The highest BCUT2D eigenvalue weighted by Gasteiger charge is 2.00. The van der Waals surface area contributed by atoms with E-state index < -0.39 is 0 Å². The number of rotatable bonds is 4. The van der Waals surface area contributed by atoms with Gasteiger partial charge >= 0.3 is 0 Å². The minimum atomic E-state index is 0.187. The van der Waals surface area contributed by atoms with Gasteiger partial charge in [-0.05, 0) is 25.7 Å². The highest BCUT2D eigenvalue weighted by molar-refractivity contribution is 4.59. The molecular formula is C8H17O. The molecule has 0 saturated heterocycles. The smallest absolute Gasteiger partial charge is 0.0572 e. The maximum Gasteiger partial charge on any atom is 0.0572 e. The Morgan fingerprint density at radius 3 is 2.22 bits per heavy atom. The summed E-state index contributed by atoms with van der Waals surface area (Å²) < 4.78 is 4.99. The maximum atomic E-state index is 4.99. The monoisotopic (exact) mass is 129 g/mol. The summed E-state index contributed by atoms with van der Waals surface area (Å²) in [5, 5.41) is 0. The van der Waals surface area contributed by atoms with Gasteiger partial charge in [0.05, 0.1) is 6.10 Å². The lowest BCUT2D eigenvalue weighted by molar-refractivity contribution is 0.126. The fraction of sp³-hybridized carbons (Fsp3) is 0.875. The van der Waals surface area contributed by atoms with E-state index in [1.165, 1.54) is 6.42 Å². The highest BCUT2D eigenvalue weighted by atomic mass is 16.5. The van der Waals surface area contributed by atoms with Gasteiger partial charge in [-0.2, -0.15) is 0 Å². The van der Waals surface area contributed by atoms with Crippen LogP contribution >= 0.6 is 0 Å². The van der Waals surface area contributed by atoms with Crippen molar-refractivity contribution in [3.63, 3.8) is 0 Å². The third-order valence-corrected chi connectivity index (χ3v) is 1.40. The minimum absolute atomic E-state index is 0.187. The van der Waals surface area contributed by atoms with Crippen molar-refractivity contribution in [2.45, 2.75) is 32.8 Å². The molecule has 0 aromatic carbocycles. The third kappa shape index (κ3) is 5.84. The predicted octanol–water partition coefficient (Wildman–Crippen LogP) is 2.27. The standard InChI is InChI=1S/C8H17O/c1-7(2)5-6-8(3)9-4/h7-8H,3,5-6H2,1-2,4H3. The quantitative estimate of drug-likeness (QED) is 0.565. The van der Waals surface area contributed by atoms with Gasteiger partial charge < -0.3 is 4.74 Å². The molecule has 0 aliphatic heterocycles. The molecule has 0 aromatic heterocycles. The Kier molecular flexibility index (Phi) is 4.78. The molecular weight excluding hydrogens is 112 g/mol. The molecule has 1 heteroatoms. The summed E-state index contributed by atoms with van der Waals surface area (Å²) >= 11 is 0. The van der Waals surface area contributed by atoms with Gasteiger partial charge in [-0.15, -0.1) is 0 Å². The summed E-state index contributed by atoms with van der Waals surface area (Å²) in [5.74, 6) is 0.768. The highest BCUT2D eigenvalue weighted by Crippen LogP contribution is 2.07. The summed E-state index contributed by atoms with van der Waals surface area (Å²) in [4.78, 5) is 0. The Bertz CT molecular complexity index is 59.6. The molecule has 0 heterocycles. The van der Waals surface area contributed by atoms with Gasteiger partial charge in [0.15, 0.2) is 0 Å². The second-order valence-electron chi connectivity index (χ2n) is 2.83. The first-order chi connectivity index (χ1) is 4.16. The van der Waals surface area contributed by atoms with Crippen molar-refractivity contribution in [3.8, 4) is 0 Å². The first-order valence-corrected chi connectivity index (χ1v) is 3.52. The molecule has 0 saturated carbocycles. The van der Waals surface area contributed by atoms with Crippen LogP contribution in [0, 0.1) is 12.8 Å². The van der Waals surface area contributed by atoms with E-state index in [9.17, 15) is 0 Å². The van der Waals surface area contributed by atoms with Gasteiger partial charge in [-0.3, -0.25) is 0 Å². The van der Waals surface area contributed by atoms with Crippen LogP contribution in [-0.4, -0.2) is 13.2 Å². The number of ether oxygens (including phenoxy) is 1. The summed E-state index contributed by atoms with van der Waals surface area (Å²) in [6.07, 6.45) is 2.48. The Morgan fingerprint density at radius 1 is 1.33 bits per heavy atom. The van der Waals surface area contributed by atoms with Crippen LogP contribution in [0.15, 0.2) is 0 Å². The first-order valence-electron chi connectivity index (χ1n) is 3.52. The molecule has 0 bridgehead atoms.